The zero-order valence-corrected chi connectivity index (χ0v) is 20.0. The van der Waals surface area contributed by atoms with Crippen molar-refractivity contribution in [1.82, 2.24) is 0 Å². The van der Waals surface area contributed by atoms with Gasteiger partial charge in [0.05, 0.1) is 5.02 Å². The third-order valence-corrected chi connectivity index (χ3v) is 6.63. The van der Waals surface area contributed by atoms with Gasteiger partial charge in [0.2, 0.25) is 0 Å². The van der Waals surface area contributed by atoms with Crippen LogP contribution < -0.4 is 5.73 Å². The first-order chi connectivity index (χ1) is 16.4. The van der Waals surface area contributed by atoms with Crippen molar-refractivity contribution in [3.05, 3.63) is 118 Å². The number of halogens is 2. The van der Waals surface area contributed by atoms with Gasteiger partial charge in [0.1, 0.15) is 5.82 Å². The maximum absolute atomic E-state index is 13.9. The van der Waals surface area contributed by atoms with Crippen LogP contribution in [0.1, 0.15) is 54.0 Å². The maximum atomic E-state index is 13.9. The van der Waals surface area contributed by atoms with E-state index in [9.17, 15) is 4.39 Å². The molecule has 0 aromatic heterocycles. The molecule has 0 radical (unpaired) electrons. The number of allylic oxidation sites excluding steroid dienone is 3. The van der Waals surface area contributed by atoms with Gasteiger partial charge in [-0.1, -0.05) is 84.8 Å². The summed E-state index contributed by atoms with van der Waals surface area (Å²) >= 11 is 6.61. The minimum atomic E-state index is -0.360. The minimum Gasteiger partial charge on any atom is -0.398 e. The summed E-state index contributed by atoms with van der Waals surface area (Å²) in [5, 5.41) is 8.46. The molecule has 3 N–H and O–H groups in total. The predicted molar refractivity (Wildman–Crippen MR) is 144 cm³/mol. The van der Waals surface area contributed by atoms with Gasteiger partial charge in [-0.3, -0.25) is 0 Å². The molecule has 3 aromatic carbocycles. The van der Waals surface area contributed by atoms with Gasteiger partial charge in [-0.05, 0) is 77.3 Å². The van der Waals surface area contributed by atoms with Crippen molar-refractivity contribution in [2.24, 2.45) is 5.92 Å². The topological polar surface area (TPSA) is 49.9 Å². The van der Waals surface area contributed by atoms with E-state index in [0.717, 1.165) is 58.2 Å². The molecule has 0 amide bonds. The van der Waals surface area contributed by atoms with E-state index in [1.54, 1.807) is 12.1 Å². The standard InChI is InChI=1S/C30H28ClFN2/c1-19(2)9-10-20-11-13-22(14-12-20)29(24-7-4-8-28(34)26(24)18-33)30(21-5-3-6-21)25-16-15-23(32)17-27(25)31/h4,7-18,21,33H,1,3,5-6,34H2,2H3/b10-9+,30-29+,33-18?. The summed E-state index contributed by atoms with van der Waals surface area (Å²) in [4.78, 5) is 0. The molecule has 0 heterocycles. The molecule has 3 aromatic rings. The van der Waals surface area contributed by atoms with Crippen LogP contribution in [0.5, 0.6) is 0 Å². The quantitative estimate of drug-likeness (QED) is 0.155. The van der Waals surface area contributed by atoms with Crippen molar-refractivity contribution >= 4 is 40.7 Å². The average molecular weight is 471 g/mol. The second-order valence-corrected chi connectivity index (χ2v) is 9.20. The first-order valence-electron chi connectivity index (χ1n) is 11.4. The summed E-state index contributed by atoms with van der Waals surface area (Å²) < 4.78 is 13.9. The van der Waals surface area contributed by atoms with E-state index in [1.165, 1.54) is 18.3 Å². The van der Waals surface area contributed by atoms with Crippen molar-refractivity contribution < 1.29 is 4.39 Å². The number of benzene rings is 3. The molecule has 1 saturated carbocycles. The largest absolute Gasteiger partial charge is 0.398 e. The second-order valence-electron chi connectivity index (χ2n) is 8.80. The van der Waals surface area contributed by atoms with Gasteiger partial charge in [-0.25, -0.2) is 4.39 Å². The summed E-state index contributed by atoms with van der Waals surface area (Å²) in [6.45, 7) is 5.88. The Kier molecular flexibility index (Phi) is 7.14. The van der Waals surface area contributed by atoms with Crippen LogP contribution in [0.2, 0.25) is 5.02 Å². The molecule has 4 rings (SSSR count). The Labute approximate surface area is 205 Å². The summed E-state index contributed by atoms with van der Waals surface area (Å²) in [7, 11) is 0. The fourth-order valence-electron chi connectivity index (χ4n) is 4.38. The van der Waals surface area contributed by atoms with Crippen LogP contribution in [0.3, 0.4) is 0 Å². The molecule has 34 heavy (non-hydrogen) atoms. The number of anilines is 1. The lowest BCUT2D eigenvalue weighted by Gasteiger charge is -2.32. The van der Waals surface area contributed by atoms with Crippen LogP contribution in [0, 0.1) is 17.1 Å². The number of nitrogens with one attached hydrogen (secondary N) is 1. The predicted octanol–water partition coefficient (Wildman–Crippen LogP) is 8.41. The lowest BCUT2D eigenvalue weighted by atomic mass is 9.72. The summed E-state index contributed by atoms with van der Waals surface area (Å²) in [6, 6.07) is 18.6. The van der Waals surface area contributed by atoms with E-state index >= 15 is 0 Å². The van der Waals surface area contributed by atoms with E-state index in [1.807, 2.05) is 31.2 Å². The van der Waals surface area contributed by atoms with E-state index in [-0.39, 0.29) is 5.82 Å². The molecular weight excluding hydrogens is 443 g/mol. The van der Waals surface area contributed by atoms with Gasteiger partial charge in [0.15, 0.2) is 0 Å². The molecule has 0 aliphatic heterocycles. The zero-order valence-electron chi connectivity index (χ0n) is 19.2. The highest BCUT2D eigenvalue weighted by Gasteiger charge is 2.29. The molecule has 0 unspecified atom stereocenters. The first-order valence-corrected chi connectivity index (χ1v) is 11.8. The Morgan fingerprint density at radius 3 is 2.41 bits per heavy atom. The number of nitrogen functional groups attached to an aromatic ring is 1. The normalized spacial score (nSPS) is 14.6. The molecule has 4 heteroatoms. The SMILES string of the molecule is C=C(C)/C=C/c1ccc(/C(=C(\c2ccc(F)cc2Cl)C2CCC2)c2cccc(N)c2C=N)cc1. The second kappa shape index (κ2) is 10.2. The fourth-order valence-corrected chi connectivity index (χ4v) is 4.65. The zero-order chi connectivity index (χ0) is 24.2. The Morgan fingerprint density at radius 2 is 1.82 bits per heavy atom. The van der Waals surface area contributed by atoms with Crippen LogP contribution in [0.15, 0.2) is 78.9 Å². The lowest BCUT2D eigenvalue weighted by Crippen LogP contribution is -2.16. The molecule has 1 aliphatic carbocycles. The van der Waals surface area contributed by atoms with Gasteiger partial charge in [-0.2, -0.15) is 0 Å². The monoisotopic (exact) mass is 470 g/mol. The van der Waals surface area contributed by atoms with Gasteiger partial charge in [-0.15, -0.1) is 0 Å². The van der Waals surface area contributed by atoms with Gasteiger partial charge in [0.25, 0.3) is 0 Å². The summed E-state index contributed by atoms with van der Waals surface area (Å²) in [5.41, 5.74) is 14.3. The van der Waals surface area contributed by atoms with Crippen molar-refractivity contribution in [3.63, 3.8) is 0 Å². The molecule has 172 valence electrons. The Balaban J connectivity index is 2.02. The number of nitrogens with two attached hydrogens (primary N) is 1. The molecule has 1 fully saturated rings. The lowest BCUT2D eigenvalue weighted by molar-refractivity contribution is 0.401. The van der Waals surface area contributed by atoms with Crippen LogP contribution in [-0.4, -0.2) is 6.21 Å². The van der Waals surface area contributed by atoms with Crippen LogP contribution in [0.4, 0.5) is 10.1 Å². The minimum absolute atomic E-state index is 0.293. The van der Waals surface area contributed by atoms with Crippen molar-refractivity contribution in [2.75, 3.05) is 5.73 Å². The van der Waals surface area contributed by atoms with E-state index in [4.69, 9.17) is 22.7 Å². The summed E-state index contributed by atoms with van der Waals surface area (Å²) in [5.74, 6) is -0.0676. The number of hydrogen-bond donors (Lipinski definition) is 2. The number of rotatable bonds is 7. The Hall–Kier alpha value is -3.43. The molecule has 0 atom stereocenters. The molecule has 0 bridgehead atoms. The van der Waals surface area contributed by atoms with Crippen molar-refractivity contribution in [2.45, 2.75) is 26.2 Å². The van der Waals surface area contributed by atoms with Gasteiger partial charge < -0.3 is 11.1 Å². The van der Waals surface area contributed by atoms with Crippen molar-refractivity contribution in [1.29, 1.82) is 5.41 Å². The Bertz CT molecular complexity index is 1300. The molecule has 0 spiro atoms. The third kappa shape index (κ3) is 4.90. The van der Waals surface area contributed by atoms with Crippen LogP contribution >= 0.6 is 11.6 Å². The molecular formula is C30H28ClFN2. The van der Waals surface area contributed by atoms with Crippen LogP contribution in [-0.2, 0) is 0 Å². The highest BCUT2D eigenvalue weighted by molar-refractivity contribution is 6.33. The van der Waals surface area contributed by atoms with E-state index in [2.05, 4.69) is 30.8 Å². The number of hydrogen-bond acceptors (Lipinski definition) is 2. The average Bonchev–Trinajstić information content (AvgIpc) is 2.77. The van der Waals surface area contributed by atoms with Crippen molar-refractivity contribution in [3.8, 4) is 0 Å². The maximum Gasteiger partial charge on any atom is 0.124 e. The van der Waals surface area contributed by atoms with Gasteiger partial charge in [0, 0.05) is 17.5 Å². The molecule has 0 saturated heterocycles. The first kappa shape index (κ1) is 23.7. The van der Waals surface area contributed by atoms with E-state index in [0.29, 0.717) is 22.2 Å². The molecule has 2 nitrogen and oxygen atoms in total. The third-order valence-electron chi connectivity index (χ3n) is 6.32. The highest BCUT2D eigenvalue weighted by atomic mass is 35.5. The smallest absolute Gasteiger partial charge is 0.124 e. The highest BCUT2D eigenvalue weighted by Crippen LogP contribution is 2.47. The van der Waals surface area contributed by atoms with Crippen LogP contribution in [0.25, 0.3) is 17.2 Å². The fraction of sp³-hybridized carbons (Fsp3) is 0.167. The molecule has 1 aliphatic rings. The van der Waals surface area contributed by atoms with E-state index < -0.39 is 0 Å². The summed E-state index contributed by atoms with van der Waals surface area (Å²) in [6.07, 6.45) is 8.53. The van der Waals surface area contributed by atoms with Gasteiger partial charge >= 0.3 is 0 Å². The Morgan fingerprint density at radius 1 is 1.09 bits per heavy atom.